The summed E-state index contributed by atoms with van der Waals surface area (Å²) in [6, 6.07) is 6.97. The Balaban J connectivity index is 1.81. The van der Waals surface area contributed by atoms with Gasteiger partial charge in [0.15, 0.2) is 0 Å². The topological polar surface area (TPSA) is 73.1 Å². The zero-order valence-corrected chi connectivity index (χ0v) is 12.3. The molecule has 0 spiro atoms. The predicted octanol–water partition coefficient (Wildman–Crippen LogP) is 2.41. The normalized spacial score (nSPS) is 10.2. The number of pyridine rings is 2. The Bertz CT molecular complexity index is 865. The number of nitrogens with one attached hydrogen (secondary N) is 1. The highest BCUT2D eigenvalue weighted by atomic mass is 19.1. The second-order valence-corrected chi connectivity index (χ2v) is 4.46. The summed E-state index contributed by atoms with van der Waals surface area (Å²) in [5.41, 5.74) is 1.60. The fourth-order valence-electron chi connectivity index (χ4n) is 1.82. The average Bonchev–Trinajstić information content (AvgIpc) is 3.00. The van der Waals surface area contributed by atoms with E-state index in [0.29, 0.717) is 11.2 Å². The highest BCUT2D eigenvalue weighted by molar-refractivity contribution is 5.69. The molecule has 0 aliphatic carbocycles. The molecule has 0 saturated heterocycles. The van der Waals surface area contributed by atoms with E-state index in [-0.39, 0.29) is 18.4 Å². The largest absolute Gasteiger partial charge is 0.475 e. The second kappa shape index (κ2) is 6.75. The maximum Gasteiger partial charge on any atom is 0.276 e. The number of halogens is 1. The number of hydrogen-bond donors (Lipinski definition) is 1. The first-order valence-corrected chi connectivity index (χ1v) is 6.90. The van der Waals surface area contributed by atoms with E-state index >= 15 is 0 Å². The van der Waals surface area contributed by atoms with Gasteiger partial charge in [-0.3, -0.25) is 0 Å². The average molecular weight is 312 g/mol. The monoisotopic (exact) mass is 312 g/mol. The number of fused-ring (bicyclic) bond motifs is 1. The number of nitrogens with zero attached hydrogens (tertiary/aromatic N) is 3. The van der Waals surface area contributed by atoms with Crippen molar-refractivity contribution in [3.05, 3.63) is 41.9 Å². The molecule has 0 bridgehead atoms. The van der Waals surface area contributed by atoms with Gasteiger partial charge in [0.25, 0.3) is 11.6 Å². The first-order valence-electron chi connectivity index (χ1n) is 6.90. The van der Waals surface area contributed by atoms with Crippen molar-refractivity contribution in [2.24, 2.45) is 0 Å². The Morgan fingerprint density at radius 1 is 1.22 bits per heavy atom. The number of alkyl halides is 1. The third kappa shape index (κ3) is 3.55. The summed E-state index contributed by atoms with van der Waals surface area (Å²) in [6.07, 6.45) is 1.66. The molecule has 0 fully saturated rings. The molecule has 0 radical (unpaired) electrons. The molecule has 23 heavy (non-hydrogen) atoms. The fourth-order valence-corrected chi connectivity index (χ4v) is 1.82. The number of oxazole rings is 1. The van der Waals surface area contributed by atoms with Crippen LogP contribution in [-0.4, -0.2) is 35.3 Å². The quantitative estimate of drug-likeness (QED) is 0.746. The fraction of sp³-hybridized carbons (Fsp3) is 0.188. The van der Waals surface area contributed by atoms with Crippen molar-refractivity contribution in [1.29, 1.82) is 0 Å². The van der Waals surface area contributed by atoms with Gasteiger partial charge in [0.05, 0.1) is 0 Å². The summed E-state index contributed by atoms with van der Waals surface area (Å²) < 4.78 is 22.6. The molecule has 6 nitrogen and oxygen atoms in total. The Kier molecular flexibility index (Phi) is 4.34. The molecule has 7 heteroatoms. The summed E-state index contributed by atoms with van der Waals surface area (Å²) in [5, 5.41) is 2.93. The minimum absolute atomic E-state index is 0.0467. The van der Waals surface area contributed by atoms with Crippen molar-refractivity contribution < 1.29 is 13.5 Å². The zero-order valence-electron chi connectivity index (χ0n) is 12.3. The van der Waals surface area contributed by atoms with Crippen LogP contribution in [0.25, 0.3) is 11.2 Å². The molecule has 0 saturated carbocycles. The van der Waals surface area contributed by atoms with Gasteiger partial charge in [0, 0.05) is 24.9 Å². The molecule has 0 amide bonds. The van der Waals surface area contributed by atoms with Crippen LogP contribution < -0.4 is 10.1 Å². The molecule has 0 aliphatic rings. The van der Waals surface area contributed by atoms with Crippen LogP contribution >= 0.6 is 0 Å². The molecule has 3 rings (SSSR count). The van der Waals surface area contributed by atoms with Crippen LogP contribution in [0.5, 0.6) is 5.88 Å². The number of anilines is 1. The Labute approximate surface area is 131 Å². The van der Waals surface area contributed by atoms with Crippen molar-refractivity contribution in [3.63, 3.8) is 0 Å². The molecule has 3 heterocycles. The summed E-state index contributed by atoms with van der Waals surface area (Å²) >= 11 is 0. The molecule has 0 atom stereocenters. The first-order chi connectivity index (χ1) is 11.3. The maximum atomic E-state index is 12.1. The molecule has 116 valence electrons. The van der Waals surface area contributed by atoms with Crippen molar-refractivity contribution in [3.8, 4) is 17.7 Å². The van der Waals surface area contributed by atoms with Gasteiger partial charge in [0.2, 0.25) is 5.88 Å². The van der Waals surface area contributed by atoms with Crippen molar-refractivity contribution in [2.75, 3.05) is 25.6 Å². The smallest absolute Gasteiger partial charge is 0.276 e. The molecule has 0 aliphatic heterocycles. The van der Waals surface area contributed by atoms with Gasteiger partial charge in [0.1, 0.15) is 24.6 Å². The highest BCUT2D eigenvalue weighted by Crippen LogP contribution is 2.17. The van der Waals surface area contributed by atoms with Gasteiger partial charge in [-0.2, -0.15) is 9.97 Å². The highest BCUT2D eigenvalue weighted by Gasteiger charge is 2.07. The maximum absolute atomic E-state index is 12.1. The van der Waals surface area contributed by atoms with Crippen LogP contribution in [-0.2, 0) is 0 Å². The lowest BCUT2D eigenvalue weighted by Crippen LogP contribution is -1.99. The summed E-state index contributed by atoms with van der Waals surface area (Å²) in [4.78, 5) is 12.5. The van der Waals surface area contributed by atoms with Crippen molar-refractivity contribution >= 4 is 17.0 Å². The minimum Gasteiger partial charge on any atom is -0.475 e. The molecule has 0 unspecified atom stereocenters. The third-order valence-corrected chi connectivity index (χ3v) is 2.89. The Hall–Kier alpha value is -3.14. The van der Waals surface area contributed by atoms with E-state index in [2.05, 4.69) is 32.1 Å². The van der Waals surface area contributed by atoms with E-state index in [0.717, 1.165) is 11.4 Å². The Morgan fingerprint density at radius 2 is 2.13 bits per heavy atom. The number of rotatable bonds is 4. The van der Waals surface area contributed by atoms with E-state index in [9.17, 15) is 4.39 Å². The predicted molar refractivity (Wildman–Crippen MR) is 83.0 cm³/mol. The third-order valence-electron chi connectivity index (χ3n) is 2.89. The van der Waals surface area contributed by atoms with Crippen molar-refractivity contribution in [2.45, 2.75) is 0 Å². The van der Waals surface area contributed by atoms with E-state index in [1.807, 2.05) is 12.1 Å². The SMILES string of the molecule is CNc1ccc(C#Cc2nc3ccc(OCCF)nc3o2)cn1. The van der Waals surface area contributed by atoms with Gasteiger partial charge in [-0.25, -0.2) is 9.37 Å². The van der Waals surface area contributed by atoms with E-state index in [1.54, 1.807) is 25.4 Å². The van der Waals surface area contributed by atoms with Crippen molar-refractivity contribution in [1.82, 2.24) is 15.0 Å². The second-order valence-electron chi connectivity index (χ2n) is 4.46. The van der Waals surface area contributed by atoms with E-state index < -0.39 is 6.67 Å². The standard InChI is InChI=1S/C16H13FN4O2/c1-18-13-5-2-11(10-19-13)3-6-15-20-12-4-7-14(22-9-8-17)21-16(12)23-15/h2,4-5,7,10H,8-9H2,1H3,(H,18,19). The lowest BCUT2D eigenvalue weighted by molar-refractivity contribution is 0.264. The lowest BCUT2D eigenvalue weighted by atomic mass is 10.3. The minimum atomic E-state index is -0.576. The Morgan fingerprint density at radius 3 is 2.87 bits per heavy atom. The van der Waals surface area contributed by atoms with Gasteiger partial charge >= 0.3 is 0 Å². The van der Waals surface area contributed by atoms with Crippen LogP contribution in [0.1, 0.15) is 11.5 Å². The zero-order chi connectivity index (χ0) is 16.1. The van der Waals surface area contributed by atoms with Crippen LogP contribution in [0.15, 0.2) is 34.9 Å². The van der Waals surface area contributed by atoms with Crippen LogP contribution in [0.3, 0.4) is 0 Å². The van der Waals surface area contributed by atoms with Gasteiger partial charge in [-0.1, -0.05) is 5.92 Å². The molecule has 0 aromatic carbocycles. The number of ether oxygens (including phenoxy) is 1. The lowest BCUT2D eigenvalue weighted by Gasteiger charge is -1.99. The first kappa shape index (κ1) is 14.8. The summed E-state index contributed by atoms with van der Waals surface area (Å²) in [5.74, 6) is 7.04. The molecule has 1 N–H and O–H groups in total. The van der Waals surface area contributed by atoms with E-state index in [4.69, 9.17) is 9.15 Å². The molecular formula is C16H13FN4O2. The molecule has 3 aromatic rings. The van der Waals surface area contributed by atoms with Gasteiger partial charge in [-0.15, -0.1) is 0 Å². The molecule has 3 aromatic heterocycles. The summed E-state index contributed by atoms with van der Waals surface area (Å²) in [7, 11) is 1.80. The number of hydrogen-bond acceptors (Lipinski definition) is 6. The van der Waals surface area contributed by atoms with E-state index in [1.165, 1.54) is 0 Å². The van der Waals surface area contributed by atoms with Gasteiger partial charge in [-0.05, 0) is 24.1 Å². The van der Waals surface area contributed by atoms with Crippen LogP contribution in [0, 0.1) is 11.8 Å². The molecular weight excluding hydrogens is 299 g/mol. The number of aromatic nitrogens is 3. The van der Waals surface area contributed by atoms with Crippen LogP contribution in [0.2, 0.25) is 0 Å². The summed E-state index contributed by atoms with van der Waals surface area (Å²) in [6.45, 7) is -0.623. The van der Waals surface area contributed by atoms with Gasteiger partial charge < -0.3 is 14.5 Å². The van der Waals surface area contributed by atoms with Crippen LogP contribution in [0.4, 0.5) is 10.2 Å².